The molecule has 12 heteroatoms. The molecule has 0 bridgehead atoms. The zero-order valence-corrected chi connectivity index (χ0v) is 18.9. The maximum atomic E-state index is 13.8. The second kappa shape index (κ2) is 8.87. The summed E-state index contributed by atoms with van der Waals surface area (Å²) in [7, 11) is 0. The molecule has 4 aromatic heterocycles. The van der Waals surface area contributed by atoms with Gasteiger partial charge in [0.15, 0.2) is 0 Å². The summed E-state index contributed by atoms with van der Waals surface area (Å²) in [6, 6.07) is 8.24. The van der Waals surface area contributed by atoms with Crippen molar-refractivity contribution in [3.63, 3.8) is 0 Å². The molecule has 0 radical (unpaired) electrons. The molecule has 1 amide bonds. The number of pyridine rings is 1. The topological polar surface area (TPSA) is 115 Å². The molecule has 1 unspecified atom stereocenters. The second-order valence-corrected chi connectivity index (χ2v) is 8.10. The van der Waals surface area contributed by atoms with E-state index in [0.29, 0.717) is 27.8 Å². The molecular weight excluding hydrogens is 473 g/mol. The van der Waals surface area contributed by atoms with Gasteiger partial charge in [-0.15, -0.1) is 0 Å². The lowest BCUT2D eigenvalue weighted by molar-refractivity contribution is -0.137. The van der Waals surface area contributed by atoms with Gasteiger partial charge < -0.3 is 10.6 Å². The van der Waals surface area contributed by atoms with Crippen LogP contribution in [0.25, 0.3) is 16.4 Å². The summed E-state index contributed by atoms with van der Waals surface area (Å²) < 4.78 is 40.6. The minimum Gasteiger partial charge on any atom is -0.369 e. The van der Waals surface area contributed by atoms with Crippen molar-refractivity contribution in [3.8, 4) is 0 Å². The average molecular weight is 492 g/mol. The Morgan fingerprint density at radius 1 is 1.11 bits per heavy atom. The fourth-order valence-electron chi connectivity index (χ4n) is 3.90. The second-order valence-electron chi connectivity index (χ2n) is 8.10. The van der Waals surface area contributed by atoms with Crippen LogP contribution in [0.5, 0.6) is 0 Å². The number of carbonyl (C=O) groups excluding carboxylic acids is 1. The van der Waals surface area contributed by atoms with Crippen LogP contribution < -0.4 is 5.73 Å². The largest absolute Gasteiger partial charge is 0.417 e. The molecule has 5 aromatic rings. The quantitative estimate of drug-likeness (QED) is 0.393. The Kier molecular flexibility index (Phi) is 5.71. The number of nitrogen functional groups attached to an aromatic ring is 1. The summed E-state index contributed by atoms with van der Waals surface area (Å²) in [6.07, 6.45) is 2.51. The van der Waals surface area contributed by atoms with Crippen LogP contribution in [0.4, 0.5) is 19.1 Å². The smallest absolute Gasteiger partial charge is 0.369 e. The van der Waals surface area contributed by atoms with E-state index in [1.165, 1.54) is 17.3 Å². The third-order valence-corrected chi connectivity index (χ3v) is 5.81. The molecule has 0 saturated carbocycles. The summed E-state index contributed by atoms with van der Waals surface area (Å²) >= 11 is 0. The number of halogens is 3. The number of fused-ring (bicyclic) bond motifs is 3. The molecule has 4 heterocycles. The Hall–Kier alpha value is -4.61. The number of carbonyl (C=O) groups is 1. The van der Waals surface area contributed by atoms with Gasteiger partial charge in [0.25, 0.3) is 5.91 Å². The van der Waals surface area contributed by atoms with Crippen LogP contribution in [-0.4, -0.2) is 40.1 Å². The predicted octanol–water partition coefficient (Wildman–Crippen LogP) is 4.07. The van der Waals surface area contributed by atoms with Gasteiger partial charge in [0.1, 0.15) is 12.2 Å². The Bertz CT molecular complexity index is 1550. The Morgan fingerprint density at radius 2 is 1.89 bits per heavy atom. The number of anilines is 1. The number of hydrogen-bond acceptors (Lipinski definition) is 7. The lowest BCUT2D eigenvalue weighted by Crippen LogP contribution is -2.34. The van der Waals surface area contributed by atoms with E-state index in [1.54, 1.807) is 54.2 Å². The van der Waals surface area contributed by atoms with Crippen LogP contribution in [0.2, 0.25) is 0 Å². The fourth-order valence-corrected chi connectivity index (χ4v) is 3.90. The van der Waals surface area contributed by atoms with E-state index in [9.17, 15) is 18.0 Å². The summed E-state index contributed by atoms with van der Waals surface area (Å²) in [4.78, 5) is 36.1. The van der Waals surface area contributed by atoms with Crippen molar-refractivity contribution >= 4 is 28.3 Å². The zero-order valence-electron chi connectivity index (χ0n) is 18.9. The van der Waals surface area contributed by atoms with Gasteiger partial charge in [-0.1, -0.05) is 0 Å². The Morgan fingerprint density at radius 3 is 2.58 bits per heavy atom. The van der Waals surface area contributed by atoms with Crippen molar-refractivity contribution in [2.75, 3.05) is 5.73 Å². The van der Waals surface area contributed by atoms with Gasteiger partial charge in [0.2, 0.25) is 5.95 Å². The van der Waals surface area contributed by atoms with E-state index >= 15 is 0 Å². The van der Waals surface area contributed by atoms with Gasteiger partial charge >= 0.3 is 6.18 Å². The third kappa shape index (κ3) is 4.28. The van der Waals surface area contributed by atoms with Crippen molar-refractivity contribution in [3.05, 3.63) is 90.2 Å². The molecule has 1 atom stereocenters. The first-order valence-corrected chi connectivity index (χ1v) is 10.8. The first-order chi connectivity index (χ1) is 17.2. The lowest BCUT2D eigenvalue weighted by Gasteiger charge is -2.28. The van der Waals surface area contributed by atoms with E-state index in [4.69, 9.17) is 5.73 Å². The minimum atomic E-state index is -4.51. The minimum absolute atomic E-state index is 0.0590. The number of aromatic nitrogens is 6. The molecule has 0 saturated heterocycles. The molecule has 2 N–H and O–H groups in total. The summed E-state index contributed by atoms with van der Waals surface area (Å²) in [5.74, 6) is 0.262. The first-order valence-electron chi connectivity index (χ1n) is 10.8. The van der Waals surface area contributed by atoms with Gasteiger partial charge in [0, 0.05) is 29.5 Å². The Labute approximate surface area is 202 Å². The first kappa shape index (κ1) is 23.1. The van der Waals surface area contributed by atoms with Crippen molar-refractivity contribution in [2.45, 2.75) is 25.7 Å². The highest BCUT2D eigenvalue weighted by molar-refractivity contribution is 6.02. The van der Waals surface area contributed by atoms with E-state index in [-0.39, 0.29) is 24.1 Å². The van der Waals surface area contributed by atoms with E-state index in [1.807, 2.05) is 0 Å². The monoisotopic (exact) mass is 492 g/mol. The maximum absolute atomic E-state index is 13.8. The molecule has 1 aromatic carbocycles. The van der Waals surface area contributed by atoms with E-state index in [0.717, 1.165) is 12.3 Å². The number of rotatable bonds is 5. The van der Waals surface area contributed by atoms with Gasteiger partial charge in [-0.25, -0.2) is 19.9 Å². The molecule has 0 aliphatic carbocycles. The molecule has 5 rings (SSSR count). The third-order valence-electron chi connectivity index (χ3n) is 5.81. The van der Waals surface area contributed by atoms with Crippen LogP contribution in [0.15, 0.2) is 67.5 Å². The highest BCUT2D eigenvalue weighted by Gasteiger charge is 2.31. The maximum Gasteiger partial charge on any atom is 0.417 e. The number of alkyl halides is 3. The molecule has 36 heavy (non-hydrogen) atoms. The average Bonchev–Trinajstić information content (AvgIpc) is 3.38. The van der Waals surface area contributed by atoms with Crippen molar-refractivity contribution in [2.24, 2.45) is 0 Å². The van der Waals surface area contributed by atoms with Gasteiger partial charge in [0.05, 0.1) is 41.1 Å². The highest BCUT2D eigenvalue weighted by atomic mass is 19.4. The summed E-state index contributed by atoms with van der Waals surface area (Å²) in [5, 5.41) is 0.670. The van der Waals surface area contributed by atoms with Crippen LogP contribution in [0.1, 0.15) is 40.4 Å². The van der Waals surface area contributed by atoms with E-state index < -0.39 is 17.8 Å². The SMILES string of the molecule is CC(c1ncccn1)N(Cc1ccc(C(F)(F)F)cn1)C(=O)c1ccc2nc(N)n3cncc3c2c1. The standard InChI is InChI=1S/C24H19F3N8O/c1-14(21-30-7-2-8-31-21)34(12-17-5-4-16(10-32-17)24(25,26)27)22(36)15-3-6-19-18(9-15)20-11-29-13-35(20)23(28)33-19/h2-11,13-14H,12H2,1H3,(H2,28,33). The van der Waals surface area contributed by atoms with Gasteiger partial charge in [-0.3, -0.25) is 14.2 Å². The number of benzene rings is 1. The van der Waals surface area contributed by atoms with Crippen LogP contribution in [-0.2, 0) is 12.7 Å². The van der Waals surface area contributed by atoms with Gasteiger partial charge in [-0.2, -0.15) is 13.2 Å². The van der Waals surface area contributed by atoms with Crippen molar-refractivity contribution < 1.29 is 18.0 Å². The number of amides is 1. The highest BCUT2D eigenvalue weighted by Crippen LogP contribution is 2.29. The number of imidazole rings is 1. The van der Waals surface area contributed by atoms with Crippen molar-refractivity contribution in [1.82, 2.24) is 34.2 Å². The fraction of sp³-hybridized carbons (Fsp3) is 0.167. The van der Waals surface area contributed by atoms with E-state index in [2.05, 4.69) is 24.9 Å². The number of nitrogens with zero attached hydrogens (tertiary/aromatic N) is 7. The molecule has 0 aliphatic heterocycles. The predicted molar refractivity (Wildman–Crippen MR) is 124 cm³/mol. The van der Waals surface area contributed by atoms with Crippen LogP contribution >= 0.6 is 0 Å². The molecule has 0 spiro atoms. The Balaban J connectivity index is 1.55. The number of hydrogen-bond donors (Lipinski definition) is 1. The lowest BCUT2D eigenvalue weighted by atomic mass is 10.1. The van der Waals surface area contributed by atoms with Gasteiger partial charge in [-0.05, 0) is 43.3 Å². The molecule has 9 nitrogen and oxygen atoms in total. The molecule has 0 aliphatic rings. The molecular formula is C24H19F3N8O. The summed E-state index contributed by atoms with van der Waals surface area (Å²) in [5.41, 5.74) is 7.02. The van der Waals surface area contributed by atoms with Crippen molar-refractivity contribution in [1.29, 1.82) is 0 Å². The summed E-state index contributed by atoms with van der Waals surface area (Å²) in [6.45, 7) is 1.69. The molecule has 182 valence electrons. The number of nitrogens with two attached hydrogens (primary N) is 1. The van der Waals surface area contributed by atoms with Crippen LogP contribution in [0.3, 0.4) is 0 Å². The molecule has 0 fully saturated rings. The normalized spacial score (nSPS) is 12.7. The van der Waals surface area contributed by atoms with Crippen LogP contribution in [0, 0.1) is 0 Å². The zero-order chi connectivity index (χ0) is 25.4.